The summed E-state index contributed by atoms with van der Waals surface area (Å²) in [6, 6.07) is 0. The molecule has 1 aliphatic carbocycles. The van der Waals surface area contributed by atoms with Crippen LogP contribution in [0.3, 0.4) is 0 Å². The van der Waals surface area contributed by atoms with Gasteiger partial charge in [0.1, 0.15) is 6.10 Å². The average Bonchev–Trinajstić information content (AvgIpc) is 2.23. The molecule has 1 aliphatic rings. The molecule has 0 heterocycles. The van der Waals surface area contributed by atoms with Gasteiger partial charge in [-0.15, -0.1) is 0 Å². The Balaban J connectivity index is 2.64. The van der Waals surface area contributed by atoms with Gasteiger partial charge in [-0.3, -0.25) is 9.59 Å². The van der Waals surface area contributed by atoms with Crippen molar-refractivity contribution in [3.05, 3.63) is 0 Å². The summed E-state index contributed by atoms with van der Waals surface area (Å²) < 4.78 is 9.99. The molecule has 5 heteroatoms. The molecule has 0 aliphatic heterocycles. The zero-order valence-corrected chi connectivity index (χ0v) is 11.3. The number of esters is 2. The Morgan fingerprint density at radius 2 is 2.06 bits per heavy atom. The lowest BCUT2D eigenvalue weighted by Gasteiger charge is -2.40. The van der Waals surface area contributed by atoms with Crippen LogP contribution < -0.4 is 0 Å². The Bertz CT molecular complexity index is 315. The fraction of sp³-hybridized carbons (Fsp3) is 0.846. The molecule has 0 bridgehead atoms. The first-order valence-corrected chi connectivity index (χ1v) is 6.42. The Morgan fingerprint density at radius 3 is 2.61 bits per heavy atom. The molecule has 0 saturated heterocycles. The van der Waals surface area contributed by atoms with Crippen molar-refractivity contribution in [3.8, 4) is 0 Å². The van der Waals surface area contributed by atoms with Crippen molar-refractivity contribution in [2.24, 2.45) is 5.92 Å². The van der Waals surface area contributed by atoms with E-state index < -0.39 is 11.6 Å². The minimum atomic E-state index is -1.13. The highest BCUT2D eigenvalue weighted by molar-refractivity contribution is 5.70. The average molecular weight is 258 g/mol. The monoisotopic (exact) mass is 258 g/mol. The number of hydrogen-bond acceptors (Lipinski definition) is 5. The van der Waals surface area contributed by atoms with Gasteiger partial charge in [0.05, 0.1) is 18.6 Å². The molecule has 0 unspecified atom stereocenters. The van der Waals surface area contributed by atoms with E-state index in [1.54, 1.807) is 6.92 Å². The minimum absolute atomic E-state index is 0.00582. The third kappa shape index (κ3) is 3.98. The molecule has 1 rings (SSSR count). The van der Waals surface area contributed by atoms with Crippen LogP contribution in [-0.2, 0) is 19.1 Å². The molecule has 0 spiro atoms. The lowest BCUT2D eigenvalue weighted by atomic mass is 9.73. The Kier molecular flexibility index (Phi) is 5.14. The number of hydrogen-bond donors (Lipinski definition) is 1. The summed E-state index contributed by atoms with van der Waals surface area (Å²) in [7, 11) is 0. The van der Waals surface area contributed by atoms with E-state index in [1.807, 2.05) is 6.92 Å². The van der Waals surface area contributed by atoms with Crippen LogP contribution in [0, 0.1) is 5.92 Å². The molecule has 1 saturated carbocycles. The van der Waals surface area contributed by atoms with Crippen molar-refractivity contribution in [2.45, 2.75) is 58.2 Å². The smallest absolute Gasteiger partial charge is 0.308 e. The lowest BCUT2D eigenvalue weighted by molar-refractivity contribution is -0.164. The highest BCUT2D eigenvalue weighted by Crippen LogP contribution is 2.37. The summed E-state index contributed by atoms with van der Waals surface area (Å²) in [5.74, 6) is -0.767. The zero-order chi connectivity index (χ0) is 13.8. The van der Waals surface area contributed by atoms with Crippen molar-refractivity contribution in [3.63, 3.8) is 0 Å². The number of aliphatic hydroxyl groups is 1. The SMILES string of the molecule is CCOC(=O)C[C@]1(O)C[C@@H](OC(C)=O)CC[C@@H]1C. The predicted octanol–water partition coefficient (Wildman–Crippen LogP) is 1.42. The van der Waals surface area contributed by atoms with E-state index >= 15 is 0 Å². The van der Waals surface area contributed by atoms with Gasteiger partial charge in [-0.05, 0) is 25.7 Å². The van der Waals surface area contributed by atoms with Gasteiger partial charge in [-0.2, -0.15) is 0 Å². The maximum absolute atomic E-state index is 11.5. The van der Waals surface area contributed by atoms with Crippen LogP contribution in [0.5, 0.6) is 0 Å². The van der Waals surface area contributed by atoms with Crippen molar-refractivity contribution >= 4 is 11.9 Å². The minimum Gasteiger partial charge on any atom is -0.466 e. The van der Waals surface area contributed by atoms with E-state index in [-0.39, 0.29) is 24.4 Å². The highest BCUT2D eigenvalue weighted by atomic mass is 16.5. The number of carbonyl (C=O) groups is 2. The largest absolute Gasteiger partial charge is 0.466 e. The third-order valence-corrected chi connectivity index (χ3v) is 3.51. The fourth-order valence-electron chi connectivity index (χ4n) is 2.45. The Hall–Kier alpha value is -1.10. The van der Waals surface area contributed by atoms with Crippen LogP contribution in [0.2, 0.25) is 0 Å². The lowest BCUT2D eigenvalue weighted by Crippen LogP contribution is -2.46. The van der Waals surface area contributed by atoms with E-state index in [0.717, 1.165) is 12.8 Å². The van der Waals surface area contributed by atoms with Crippen molar-refractivity contribution in [1.82, 2.24) is 0 Å². The van der Waals surface area contributed by atoms with E-state index in [0.29, 0.717) is 13.0 Å². The number of rotatable bonds is 4. The molecule has 1 fully saturated rings. The first kappa shape index (κ1) is 15.0. The predicted molar refractivity (Wildman–Crippen MR) is 64.8 cm³/mol. The van der Waals surface area contributed by atoms with Gasteiger partial charge in [0.2, 0.25) is 0 Å². The van der Waals surface area contributed by atoms with Crippen molar-refractivity contribution < 1.29 is 24.2 Å². The van der Waals surface area contributed by atoms with Crippen molar-refractivity contribution in [2.75, 3.05) is 6.61 Å². The molecule has 0 aromatic heterocycles. The molecular weight excluding hydrogens is 236 g/mol. The third-order valence-electron chi connectivity index (χ3n) is 3.51. The van der Waals surface area contributed by atoms with Crippen LogP contribution in [0.15, 0.2) is 0 Å². The number of carbonyl (C=O) groups excluding carboxylic acids is 2. The normalized spacial score (nSPS) is 31.8. The van der Waals surface area contributed by atoms with Gasteiger partial charge < -0.3 is 14.6 Å². The second-order valence-corrected chi connectivity index (χ2v) is 5.00. The van der Waals surface area contributed by atoms with Crippen LogP contribution in [0.1, 0.15) is 46.5 Å². The standard InChI is InChI=1S/C13H22O5/c1-4-17-12(15)8-13(16)7-11(18-10(3)14)6-5-9(13)2/h9,11,16H,4-8H2,1-3H3/t9-,11-,13+/m0/s1. The molecule has 18 heavy (non-hydrogen) atoms. The van der Waals surface area contributed by atoms with Gasteiger partial charge in [0.25, 0.3) is 0 Å². The van der Waals surface area contributed by atoms with Crippen LogP contribution in [0.4, 0.5) is 0 Å². The van der Waals surface area contributed by atoms with Crippen LogP contribution >= 0.6 is 0 Å². The Morgan fingerprint density at radius 1 is 1.39 bits per heavy atom. The quantitative estimate of drug-likeness (QED) is 0.772. The summed E-state index contributed by atoms with van der Waals surface area (Å²) in [4.78, 5) is 22.4. The van der Waals surface area contributed by atoms with E-state index in [4.69, 9.17) is 9.47 Å². The maximum atomic E-state index is 11.5. The first-order chi connectivity index (χ1) is 8.37. The molecule has 104 valence electrons. The molecule has 0 amide bonds. The summed E-state index contributed by atoms with van der Waals surface area (Å²) in [5.41, 5.74) is -1.13. The molecular formula is C13H22O5. The van der Waals surface area contributed by atoms with Gasteiger partial charge in [0, 0.05) is 13.3 Å². The summed E-state index contributed by atoms with van der Waals surface area (Å²) in [5, 5.41) is 10.5. The highest BCUT2D eigenvalue weighted by Gasteiger charge is 2.43. The summed E-state index contributed by atoms with van der Waals surface area (Å²) in [6.45, 7) is 5.29. The van der Waals surface area contributed by atoms with Crippen LogP contribution in [0.25, 0.3) is 0 Å². The molecule has 0 aromatic carbocycles. The fourth-order valence-corrected chi connectivity index (χ4v) is 2.45. The molecule has 5 nitrogen and oxygen atoms in total. The summed E-state index contributed by atoms with van der Waals surface area (Å²) >= 11 is 0. The zero-order valence-electron chi connectivity index (χ0n) is 11.3. The first-order valence-electron chi connectivity index (χ1n) is 6.42. The van der Waals surface area contributed by atoms with Crippen LogP contribution in [-0.4, -0.2) is 35.4 Å². The Labute approximate surface area is 107 Å². The molecule has 3 atom stereocenters. The van der Waals surface area contributed by atoms with E-state index in [2.05, 4.69) is 0 Å². The van der Waals surface area contributed by atoms with E-state index in [9.17, 15) is 14.7 Å². The van der Waals surface area contributed by atoms with Crippen molar-refractivity contribution in [1.29, 1.82) is 0 Å². The van der Waals surface area contributed by atoms with Gasteiger partial charge in [0.15, 0.2) is 0 Å². The molecule has 1 N–H and O–H groups in total. The second kappa shape index (κ2) is 6.18. The van der Waals surface area contributed by atoms with E-state index in [1.165, 1.54) is 6.92 Å². The maximum Gasteiger partial charge on any atom is 0.308 e. The second-order valence-electron chi connectivity index (χ2n) is 5.00. The summed E-state index contributed by atoms with van der Waals surface area (Å²) in [6.07, 6.45) is 1.41. The van der Waals surface area contributed by atoms with Gasteiger partial charge in [-0.1, -0.05) is 6.92 Å². The molecule has 0 radical (unpaired) electrons. The number of ether oxygens (including phenoxy) is 2. The van der Waals surface area contributed by atoms with Gasteiger partial charge >= 0.3 is 11.9 Å². The topological polar surface area (TPSA) is 72.8 Å². The van der Waals surface area contributed by atoms with Gasteiger partial charge in [-0.25, -0.2) is 0 Å². The molecule has 0 aromatic rings.